The van der Waals surface area contributed by atoms with Crippen LogP contribution >= 0.6 is 0 Å². The largest absolute Gasteiger partial charge is 0.292 e. The first-order chi connectivity index (χ1) is 10.7. The second-order valence-corrected chi connectivity index (χ2v) is 5.27. The number of carbonyl (C=O) groups is 2. The minimum Gasteiger partial charge on any atom is -0.292 e. The summed E-state index contributed by atoms with van der Waals surface area (Å²) in [5.41, 5.74) is 3.29. The first-order valence-corrected chi connectivity index (χ1v) is 7.04. The van der Waals surface area contributed by atoms with Crippen LogP contribution in [0.4, 0.5) is 0 Å². The van der Waals surface area contributed by atoms with E-state index >= 15 is 0 Å². The fraction of sp³-hybridized carbons (Fsp3) is 0.188. The smallest absolute Gasteiger partial charge is 0.261 e. The third-order valence-corrected chi connectivity index (χ3v) is 3.86. The Morgan fingerprint density at radius 3 is 2.50 bits per heavy atom. The van der Waals surface area contributed by atoms with Gasteiger partial charge in [-0.3, -0.25) is 19.5 Å². The summed E-state index contributed by atoms with van der Waals surface area (Å²) < 4.78 is 0. The highest BCUT2D eigenvalue weighted by Gasteiger charge is 2.35. The molecular formula is C16H12N4O2. The number of imide groups is 1. The van der Waals surface area contributed by atoms with Crippen molar-refractivity contribution in [2.24, 2.45) is 4.99 Å². The standard InChI is InChI=1S/C16H12N4O2/c21-15-12-3-1-2-4-13(12)16(22)20(15)9-11-7-10-8-17-6-5-14(10)19-18-11/h1-4,7-8H,5-6,9H2. The van der Waals surface area contributed by atoms with E-state index in [1.807, 2.05) is 6.07 Å². The predicted molar refractivity (Wildman–Crippen MR) is 78.8 cm³/mol. The van der Waals surface area contributed by atoms with Crippen LogP contribution in [0, 0.1) is 0 Å². The zero-order chi connectivity index (χ0) is 15.1. The second kappa shape index (κ2) is 4.84. The van der Waals surface area contributed by atoms with Crippen molar-refractivity contribution in [3.63, 3.8) is 0 Å². The van der Waals surface area contributed by atoms with Crippen LogP contribution in [-0.2, 0) is 13.0 Å². The van der Waals surface area contributed by atoms with E-state index in [4.69, 9.17) is 0 Å². The van der Waals surface area contributed by atoms with Crippen molar-refractivity contribution in [3.8, 4) is 0 Å². The zero-order valence-electron chi connectivity index (χ0n) is 11.7. The number of benzene rings is 1. The predicted octanol–water partition coefficient (Wildman–Crippen LogP) is 1.25. The van der Waals surface area contributed by atoms with Crippen LogP contribution in [-0.4, -0.2) is 39.7 Å². The van der Waals surface area contributed by atoms with Gasteiger partial charge < -0.3 is 0 Å². The quantitative estimate of drug-likeness (QED) is 0.781. The molecular weight excluding hydrogens is 280 g/mol. The molecule has 6 nitrogen and oxygen atoms in total. The average Bonchev–Trinajstić information content (AvgIpc) is 2.80. The van der Waals surface area contributed by atoms with Crippen molar-refractivity contribution in [2.75, 3.05) is 6.54 Å². The van der Waals surface area contributed by atoms with E-state index in [1.165, 1.54) is 4.90 Å². The Morgan fingerprint density at radius 1 is 1.05 bits per heavy atom. The van der Waals surface area contributed by atoms with Crippen LogP contribution in [0.15, 0.2) is 35.3 Å². The summed E-state index contributed by atoms with van der Waals surface area (Å²) in [4.78, 5) is 30.1. The SMILES string of the molecule is O=C1c2ccccc2C(=O)N1Cc1cc2c(nn1)CCN=C2. The number of amides is 2. The number of aliphatic imine (C=N–C) groups is 1. The van der Waals surface area contributed by atoms with Gasteiger partial charge in [0.1, 0.15) is 0 Å². The van der Waals surface area contributed by atoms with Gasteiger partial charge in [-0.1, -0.05) is 12.1 Å². The number of fused-ring (bicyclic) bond motifs is 2. The number of rotatable bonds is 2. The van der Waals surface area contributed by atoms with Crippen molar-refractivity contribution in [3.05, 3.63) is 58.4 Å². The van der Waals surface area contributed by atoms with Gasteiger partial charge in [-0.15, -0.1) is 0 Å². The Hall–Kier alpha value is -2.89. The fourth-order valence-corrected chi connectivity index (χ4v) is 2.74. The van der Waals surface area contributed by atoms with Gasteiger partial charge in [-0.25, -0.2) is 0 Å². The van der Waals surface area contributed by atoms with Gasteiger partial charge in [0.25, 0.3) is 11.8 Å². The van der Waals surface area contributed by atoms with Gasteiger partial charge in [0.2, 0.25) is 0 Å². The molecule has 0 aliphatic carbocycles. The minimum atomic E-state index is -0.284. The molecule has 2 amide bonds. The van der Waals surface area contributed by atoms with Gasteiger partial charge in [-0.05, 0) is 18.2 Å². The van der Waals surface area contributed by atoms with E-state index in [0.717, 1.165) is 24.2 Å². The molecule has 1 aromatic heterocycles. The maximum absolute atomic E-state index is 12.3. The summed E-state index contributed by atoms with van der Waals surface area (Å²) in [6.07, 6.45) is 2.53. The molecule has 0 saturated heterocycles. The van der Waals surface area contributed by atoms with Crippen LogP contribution < -0.4 is 0 Å². The maximum atomic E-state index is 12.3. The number of carbonyl (C=O) groups excluding carboxylic acids is 2. The van der Waals surface area contributed by atoms with E-state index < -0.39 is 0 Å². The van der Waals surface area contributed by atoms with E-state index in [9.17, 15) is 9.59 Å². The molecule has 0 bridgehead atoms. The third-order valence-electron chi connectivity index (χ3n) is 3.86. The molecule has 22 heavy (non-hydrogen) atoms. The van der Waals surface area contributed by atoms with Gasteiger partial charge in [0, 0.05) is 24.7 Å². The van der Waals surface area contributed by atoms with Crippen LogP contribution in [0.3, 0.4) is 0 Å². The Bertz CT molecular complexity index is 794. The van der Waals surface area contributed by atoms with Gasteiger partial charge >= 0.3 is 0 Å². The van der Waals surface area contributed by atoms with Crippen molar-refractivity contribution >= 4 is 18.0 Å². The lowest BCUT2D eigenvalue weighted by atomic mass is 10.1. The van der Waals surface area contributed by atoms with Crippen molar-refractivity contribution in [1.29, 1.82) is 0 Å². The number of nitrogens with zero attached hydrogens (tertiary/aromatic N) is 4. The lowest BCUT2D eigenvalue weighted by molar-refractivity contribution is 0.0640. The first-order valence-electron chi connectivity index (χ1n) is 7.04. The lowest BCUT2D eigenvalue weighted by Crippen LogP contribution is -2.29. The summed E-state index contributed by atoms with van der Waals surface area (Å²) >= 11 is 0. The molecule has 108 valence electrons. The van der Waals surface area contributed by atoms with Crippen LogP contribution in [0.2, 0.25) is 0 Å². The molecule has 0 N–H and O–H groups in total. The highest BCUT2D eigenvalue weighted by Crippen LogP contribution is 2.24. The topological polar surface area (TPSA) is 75.5 Å². The van der Waals surface area contributed by atoms with E-state index in [0.29, 0.717) is 16.8 Å². The van der Waals surface area contributed by atoms with Crippen LogP contribution in [0.1, 0.15) is 37.7 Å². The van der Waals surface area contributed by atoms with Crippen LogP contribution in [0.25, 0.3) is 0 Å². The van der Waals surface area contributed by atoms with E-state index in [-0.39, 0.29) is 18.4 Å². The molecule has 4 rings (SSSR count). The fourth-order valence-electron chi connectivity index (χ4n) is 2.74. The average molecular weight is 292 g/mol. The maximum Gasteiger partial charge on any atom is 0.261 e. The van der Waals surface area contributed by atoms with Crippen molar-refractivity contribution in [2.45, 2.75) is 13.0 Å². The molecule has 0 spiro atoms. The highest BCUT2D eigenvalue weighted by molar-refractivity contribution is 6.21. The third kappa shape index (κ3) is 1.92. The monoisotopic (exact) mass is 292 g/mol. The molecule has 0 fully saturated rings. The Labute approximate surface area is 126 Å². The molecule has 3 heterocycles. The molecule has 2 aliphatic rings. The molecule has 0 unspecified atom stereocenters. The molecule has 0 saturated carbocycles. The summed E-state index contributed by atoms with van der Waals surface area (Å²) in [7, 11) is 0. The Kier molecular flexibility index (Phi) is 2.82. The number of hydrogen-bond acceptors (Lipinski definition) is 5. The second-order valence-electron chi connectivity index (χ2n) is 5.27. The Morgan fingerprint density at radius 2 is 1.77 bits per heavy atom. The molecule has 6 heteroatoms. The summed E-state index contributed by atoms with van der Waals surface area (Å²) in [5.74, 6) is -0.567. The molecule has 0 atom stereocenters. The molecule has 1 aromatic carbocycles. The Balaban J connectivity index is 1.64. The number of aromatic nitrogens is 2. The van der Waals surface area contributed by atoms with Gasteiger partial charge in [-0.2, -0.15) is 10.2 Å². The molecule has 2 aromatic rings. The van der Waals surface area contributed by atoms with Crippen LogP contribution in [0.5, 0.6) is 0 Å². The lowest BCUT2D eigenvalue weighted by Gasteiger charge is -2.14. The van der Waals surface area contributed by atoms with Crippen molar-refractivity contribution in [1.82, 2.24) is 15.1 Å². The van der Waals surface area contributed by atoms with Crippen molar-refractivity contribution < 1.29 is 9.59 Å². The minimum absolute atomic E-state index is 0.125. The summed E-state index contributed by atoms with van der Waals surface area (Å²) in [5, 5.41) is 8.30. The molecule has 0 radical (unpaired) electrons. The highest BCUT2D eigenvalue weighted by atomic mass is 16.2. The normalized spacial score (nSPS) is 15.9. The molecule has 2 aliphatic heterocycles. The van der Waals surface area contributed by atoms with E-state index in [1.54, 1.807) is 30.5 Å². The zero-order valence-corrected chi connectivity index (χ0v) is 11.7. The first kappa shape index (κ1) is 12.8. The number of hydrogen-bond donors (Lipinski definition) is 0. The van der Waals surface area contributed by atoms with Gasteiger partial charge in [0.05, 0.1) is 29.1 Å². The summed E-state index contributed by atoms with van der Waals surface area (Å²) in [6.45, 7) is 0.847. The van der Waals surface area contributed by atoms with Gasteiger partial charge in [0.15, 0.2) is 0 Å². The summed E-state index contributed by atoms with van der Waals surface area (Å²) in [6, 6.07) is 8.68. The van der Waals surface area contributed by atoms with E-state index in [2.05, 4.69) is 15.2 Å².